The molecule has 0 fully saturated rings. The Kier molecular flexibility index (Phi) is 5.94. The molecule has 6 heteroatoms. The van der Waals surface area contributed by atoms with Crippen molar-refractivity contribution < 1.29 is 9.53 Å². The first kappa shape index (κ1) is 18.9. The van der Waals surface area contributed by atoms with Crippen molar-refractivity contribution in [1.82, 2.24) is 0 Å². The predicted octanol–water partition coefficient (Wildman–Crippen LogP) is 5.23. The summed E-state index contributed by atoms with van der Waals surface area (Å²) in [5.41, 5.74) is 5.16. The van der Waals surface area contributed by atoms with Gasteiger partial charge >= 0.3 is 5.97 Å². The molecule has 0 unspecified atom stereocenters. The summed E-state index contributed by atoms with van der Waals surface area (Å²) in [4.78, 5) is 13.7. The Balaban J connectivity index is 1.83. The minimum Gasteiger partial charge on any atom is -0.465 e. The first-order valence-electron chi connectivity index (χ1n) is 8.87. The number of fused-ring (bicyclic) bond motifs is 1. The van der Waals surface area contributed by atoms with E-state index in [1.54, 1.807) is 11.3 Å². The Labute approximate surface area is 164 Å². The lowest BCUT2D eigenvalue weighted by atomic mass is 10.1. The largest absolute Gasteiger partial charge is 0.465 e. The zero-order valence-electron chi connectivity index (χ0n) is 15.4. The van der Waals surface area contributed by atoms with Crippen LogP contribution in [0.1, 0.15) is 51.2 Å². The van der Waals surface area contributed by atoms with Crippen molar-refractivity contribution in [2.24, 2.45) is 0 Å². The highest BCUT2D eigenvalue weighted by molar-refractivity contribution is 7.80. The lowest BCUT2D eigenvalue weighted by Crippen LogP contribution is -2.20. The van der Waals surface area contributed by atoms with Crippen LogP contribution in [0.2, 0.25) is 0 Å². The number of rotatable bonds is 3. The molecular weight excluding hydrogens is 364 g/mol. The molecule has 4 nitrogen and oxygen atoms in total. The summed E-state index contributed by atoms with van der Waals surface area (Å²) >= 11 is 7.10. The van der Waals surface area contributed by atoms with Crippen LogP contribution in [0.15, 0.2) is 18.2 Å². The minimum absolute atomic E-state index is 0.291. The number of anilines is 2. The van der Waals surface area contributed by atoms with Crippen LogP contribution in [-0.4, -0.2) is 18.2 Å². The maximum atomic E-state index is 12.4. The second-order valence-corrected chi connectivity index (χ2v) is 8.15. The molecule has 0 amide bonds. The average molecular weight is 389 g/mol. The lowest BCUT2D eigenvalue weighted by Gasteiger charge is -2.12. The van der Waals surface area contributed by atoms with E-state index in [-0.39, 0.29) is 5.97 Å². The van der Waals surface area contributed by atoms with Gasteiger partial charge in [0.25, 0.3) is 0 Å². The fourth-order valence-corrected chi connectivity index (χ4v) is 4.80. The van der Waals surface area contributed by atoms with Gasteiger partial charge in [0.2, 0.25) is 0 Å². The minimum atomic E-state index is -0.291. The van der Waals surface area contributed by atoms with E-state index in [9.17, 15) is 4.79 Å². The molecule has 2 aromatic rings. The second kappa shape index (κ2) is 8.18. The number of carbonyl (C=O) groups excluding carboxylic acids is 1. The van der Waals surface area contributed by atoms with Gasteiger partial charge in [-0.2, -0.15) is 0 Å². The number of thiocarbonyl (C=S) groups is 1. The van der Waals surface area contributed by atoms with E-state index in [0.717, 1.165) is 35.5 Å². The number of esters is 1. The van der Waals surface area contributed by atoms with Crippen molar-refractivity contribution in [3.63, 3.8) is 0 Å². The molecule has 0 bridgehead atoms. The molecule has 0 radical (unpaired) electrons. The van der Waals surface area contributed by atoms with Gasteiger partial charge in [-0.3, -0.25) is 0 Å². The average Bonchev–Trinajstić information content (AvgIpc) is 2.78. The Morgan fingerprint density at radius 3 is 2.62 bits per heavy atom. The number of carbonyl (C=O) groups is 1. The van der Waals surface area contributed by atoms with E-state index >= 15 is 0 Å². The number of nitrogens with one attached hydrogen (secondary N) is 2. The van der Waals surface area contributed by atoms with Gasteiger partial charge < -0.3 is 15.4 Å². The quantitative estimate of drug-likeness (QED) is 0.428. The molecule has 1 aliphatic carbocycles. The Hall–Kier alpha value is -1.92. The van der Waals surface area contributed by atoms with Crippen molar-refractivity contribution in [2.45, 2.75) is 46.0 Å². The molecule has 138 valence electrons. The number of thiophene rings is 1. The van der Waals surface area contributed by atoms with Gasteiger partial charge in [-0.1, -0.05) is 12.5 Å². The summed E-state index contributed by atoms with van der Waals surface area (Å²) in [7, 11) is 1.43. The molecule has 0 saturated carbocycles. The molecule has 3 rings (SSSR count). The van der Waals surface area contributed by atoms with E-state index < -0.39 is 0 Å². The van der Waals surface area contributed by atoms with E-state index in [0.29, 0.717) is 10.7 Å². The van der Waals surface area contributed by atoms with Crippen molar-refractivity contribution >= 4 is 45.3 Å². The van der Waals surface area contributed by atoms with Crippen LogP contribution in [0, 0.1) is 13.8 Å². The van der Waals surface area contributed by atoms with Gasteiger partial charge in [-0.25, -0.2) is 4.79 Å². The summed E-state index contributed by atoms with van der Waals surface area (Å²) in [6.45, 7) is 4.15. The van der Waals surface area contributed by atoms with E-state index in [1.807, 2.05) is 6.07 Å². The van der Waals surface area contributed by atoms with E-state index in [1.165, 1.54) is 36.0 Å². The lowest BCUT2D eigenvalue weighted by molar-refractivity contribution is 0.0601. The summed E-state index contributed by atoms with van der Waals surface area (Å²) in [5, 5.41) is 7.70. The third-order valence-electron chi connectivity index (χ3n) is 4.80. The molecule has 0 atom stereocenters. The highest BCUT2D eigenvalue weighted by atomic mass is 32.1. The molecule has 1 aromatic carbocycles. The molecule has 1 aliphatic rings. The Bertz CT molecular complexity index is 843. The number of hydrogen-bond acceptors (Lipinski definition) is 4. The van der Waals surface area contributed by atoms with Gasteiger partial charge in [-0.05, 0) is 80.6 Å². The first-order chi connectivity index (χ1) is 12.5. The van der Waals surface area contributed by atoms with Crippen LogP contribution < -0.4 is 10.6 Å². The van der Waals surface area contributed by atoms with Crippen molar-refractivity contribution in [3.8, 4) is 0 Å². The van der Waals surface area contributed by atoms with Gasteiger partial charge in [0.15, 0.2) is 5.11 Å². The van der Waals surface area contributed by atoms with Crippen molar-refractivity contribution in [2.75, 3.05) is 17.7 Å². The normalized spacial score (nSPS) is 13.5. The maximum absolute atomic E-state index is 12.4. The molecular formula is C20H24N2O2S2. The zero-order chi connectivity index (χ0) is 18.7. The molecule has 0 aliphatic heterocycles. The van der Waals surface area contributed by atoms with Crippen LogP contribution >= 0.6 is 23.6 Å². The molecule has 0 spiro atoms. The molecule has 1 heterocycles. The molecule has 1 aromatic heterocycles. The van der Waals surface area contributed by atoms with Gasteiger partial charge in [0.05, 0.1) is 12.7 Å². The molecule has 26 heavy (non-hydrogen) atoms. The van der Waals surface area contributed by atoms with Gasteiger partial charge in [-0.15, -0.1) is 11.3 Å². The third-order valence-corrected chi connectivity index (χ3v) is 6.21. The second-order valence-electron chi connectivity index (χ2n) is 6.64. The molecule has 0 saturated heterocycles. The van der Waals surface area contributed by atoms with Crippen molar-refractivity contribution in [3.05, 3.63) is 45.3 Å². The number of ether oxygens (including phenoxy) is 1. The zero-order valence-corrected chi connectivity index (χ0v) is 17.0. The SMILES string of the molecule is COC(=O)c1c(NC(=S)Nc2ccc(C)c(C)c2)sc2c1CCCCC2. The van der Waals surface area contributed by atoms with E-state index in [4.69, 9.17) is 17.0 Å². The monoisotopic (exact) mass is 388 g/mol. The summed E-state index contributed by atoms with van der Waals surface area (Å²) in [5.74, 6) is -0.291. The fourth-order valence-electron chi connectivity index (χ4n) is 3.23. The Morgan fingerprint density at radius 1 is 1.12 bits per heavy atom. The Morgan fingerprint density at radius 2 is 1.88 bits per heavy atom. The highest BCUT2D eigenvalue weighted by Gasteiger charge is 2.25. The number of methoxy groups -OCH3 is 1. The summed E-state index contributed by atoms with van der Waals surface area (Å²) in [6, 6.07) is 6.13. The van der Waals surface area contributed by atoms with Crippen LogP contribution in [-0.2, 0) is 17.6 Å². The topological polar surface area (TPSA) is 50.4 Å². The van der Waals surface area contributed by atoms with Gasteiger partial charge in [0.1, 0.15) is 5.00 Å². The highest BCUT2D eigenvalue weighted by Crippen LogP contribution is 2.38. The van der Waals surface area contributed by atoms with Crippen LogP contribution in [0.5, 0.6) is 0 Å². The fraction of sp³-hybridized carbons (Fsp3) is 0.400. The van der Waals surface area contributed by atoms with Crippen LogP contribution in [0.3, 0.4) is 0 Å². The van der Waals surface area contributed by atoms with Crippen molar-refractivity contribution in [1.29, 1.82) is 0 Å². The molecule has 2 N–H and O–H groups in total. The predicted molar refractivity (Wildman–Crippen MR) is 113 cm³/mol. The number of hydrogen-bond donors (Lipinski definition) is 2. The summed E-state index contributed by atoms with van der Waals surface area (Å²) < 4.78 is 5.03. The van der Waals surface area contributed by atoms with Gasteiger partial charge in [0, 0.05) is 10.6 Å². The van der Waals surface area contributed by atoms with E-state index in [2.05, 4.69) is 36.6 Å². The maximum Gasteiger partial charge on any atom is 0.341 e. The first-order valence-corrected chi connectivity index (χ1v) is 10.1. The standard InChI is InChI=1S/C20H24N2O2S2/c1-12-9-10-14(11-13(12)2)21-20(25)22-18-17(19(23)24-3)15-7-5-4-6-8-16(15)26-18/h9-11H,4-8H2,1-3H3,(H2,21,22,25). The summed E-state index contributed by atoms with van der Waals surface area (Å²) in [6.07, 6.45) is 5.42. The van der Waals surface area contributed by atoms with Crippen LogP contribution in [0.4, 0.5) is 10.7 Å². The number of aryl methyl sites for hydroxylation is 3. The van der Waals surface area contributed by atoms with Crippen LogP contribution in [0.25, 0.3) is 0 Å². The smallest absolute Gasteiger partial charge is 0.341 e. The number of benzene rings is 1. The third kappa shape index (κ3) is 4.07.